The second-order valence-electron chi connectivity index (χ2n) is 11.0. The highest BCUT2D eigenvalue weighted by atomic mass is 32.1. The molecular formula is C29H35N5O3S. The van der Waals surface area contributed by atoms with E-state index in [1.165, 1.54) is 0 Å². The lowest BCUT2D eigenvalue weighted by Crippen LogP contribution is -2.64. The number of hydrogen-bond donors (Lipinski definition) is 2. The quantitative estimate of drug-likeness (QED) is 0.533. The zero-order valence-electron chi connectivity index (χ0n) is 21.6. The summed E-state index contributed by atoms with van der Waals surface area (Å²) in [6, 6.07) is 13.7. The highest BCUT2D eigenvalue weighted by Gasteiger charge is 2.56. The maximum absolute atomic E-state index is 13.9. The minimum absolute atomic E-state index is 0.0100. The zero-order chi connectivity index (χ0) is 26.2. The highest BCUT2D eigenvalue weighted by molar-refractivity contribution is 7.08. The number of benzene rings is 1. The van der Waals surface area contributed by atoms with Crippen LogP contribution in [0.4, 0.5) is 4.79 Å². The molecule has 200 valence electrons. The first-order valence-electron chi connectivity index (χ1n) is 13.6. The zero-order valence-corrected chi connectivity index (χ0v) is 22.4. The fourth-order valence-electron chi connectivity index (χ4n) is 6.74. The number of urea groups is 1. The molecule has 2 N–H and O–H groups in total. The van der Waals surface area contributed by atoms with Crippen molar-refractivity contribution in [3.8, 4) is 11.3 Å². The Kier molecular flexibility index (Phi) is 6.84. The molecule has 2 saturated heterocycles. The normalized spacial score (nSPS) is 25.1. The van der Waals surface area contributed by atoms with E-state index < -0.39 is 11.0 Å². The van der Waals surface area contributed by atoms with Gasteiger partial charge in [-0.2, -0.15) is 11.3 Å². The molecule has 1 aromatic carbocycles. The standard InChI is InChI=1S/C29H35N5O3S/c35-26-16-24(23-8-15-38-18-23)31-21-33(26)20-29(37)11-13-32(19-28(29)9-4-5-10-28)27(36)34-14-12-30-17-25(34)22-6-2-1-3-7-22/h1-3,6-8,15-16,18,21,25,30,37H,4-5,9-14,17,19-20H2/t25-,29+/m0/s1. The average Bonchev–Trinajstić information content (AvgIpc) is 3.66. The van der Waals surface area contributed by atoms with Gasteiger partial charge in [-0.1, -0.05) is 43.2 Å². The molecular weight excluding hydrogens is 498 g/mol. The molecule has 3 aromatic rings. The van der Waals surface area contributed by atoms with Crippen LogP contribution in [0.1, 0.15) is 43.7 Å². The molecule has 3 fully saturated rings. The number of carbonyl (C=O) groups excluding carboxylic acids is 1. The lowest BCUT2D eigenvalue weighted by molar-refractivity contribution is -0.137. The van der Waals surface area contributed by atoms with Crippen LogP contribution in [0.15, 0.2) is 64.3 Å². The molecule has 0 bridgehead atoms. The number of hydrogen-bond acceptors (Lipinski definition) is 6. The predicted octanol–water partition coefficient (Wildman–Crippen LogP) is 3.74. The van der Waals surface area contributed by atoms with E-state index in [0.29, 0.717) is 31.7 Å². The van der Waals surface area contributed by atoms with E-state index in [9.17, 15) is 14.7 Å². The van der Waals surface area contributed by atoms with Gasteiger partial charge in [0.2, 0.25) is 0 Å². The molecule has 8 nitrogen and oxygen atoms in total. The summed E-state index contributed by atoms with van der Waals surface area (Å²) < 4.78 is 1.55. The van der Waals surface area contributed by atoms with Crippen LogP contribution in [0.2, 0.25) is 0 Å². The topological polar surface area (TPSA) is 90.7 Å². The van der Waals surface area contributed by atoms with Gasteiger partial charge in [0.25, 0.3) is 5.56 Å². The second-order valence-corrected chi connectivity index (χ2v) is 11.8. The third kappa shape index (κ3) is 4.57. The molecule has 0 unspecified atom stereocenters. The fraction of sp³-hybridized carbons (Fsp3) is 0.483. The Morgan fingerprint density at radius 3 is 2.68 bits per heavy atom. The molecule has 6 rings (SSSR count). The van der Waals surface area contributed by atoms with Gasteiger partial charge in [-0.05, 0) is 36.3 Å². The largest absolute Gasteiger partial charge is 0.387 e. The van der Waals surface area contributed by atoms with Gasteiger partial charge >= 0.3 is 6.03 Å². The van der Waals surface area contributed by atoms with E-state index in [4.69, 9.17) is 0 Å². The van der Waals surface area contributed by atoms with Crippen LogP contribution in [0.5, 0.6) is 0 Å². The molecule has 2 amide bonds. The third-order valence-corrected chi connectivity index (χ3v) is 9.59. The Bertz CT molecular complexity index is 1320. The first kappa shape index (κ1) is 25.3. The van der Waals surface area contributed by atoms with E-state index in [2.05, 4.69) is 22.4 Å². The summed E-state index contributed by atoms with van der Waals surface area (Å²) in [4.78, 5) is 35.4. The van der Waals surface area contributed by atoms with E-state index in [1.807, 2.05) is 44.8 Å². The smallest absolute Gasteiger partial charge is 0.320 e. The van der Waals surface area contributed by atoms with Crippen molar-refractivity contribution in [2.45, 2.75) is 50.3 Å². The Morgan fingerprint density at radius 1 is 1.13 bits per heavy atom. The maximum Gasteiger partial charge on any atom is 0.320 e. The molecule has 4 heterocycles. The third-order valence-electron chi connectivity index (χ3n) is 8.91. The second kappa shape index (κ2) is 10.3. The Hall–Kier alpha value is -3.01. The number of nitrogens with zero attached hydrogens (tertiary/aromatic N) is 4. The maximum atomic E-state index is 13.9. The number of thiophene rings is 1. The van der Waals surface area contributed by atoms with Crippen molar-refractivity contribution in [2.75, 3.05) is 32.7 Å². The van der Waals surface area contributed by atoms with Crippen LogP contribution < -0.4 is 10.9 Å². The van der Waals surface area contributed by atoms with Crippen LogP contribution in [0, 0.1) is 5.41 Å². The average molecular weight is 534 g/mol. The first-order valence-corrected chi connectivity index (χ1v) is 14.6. The van der Waals surface area contributed by atoms with Gasteiger partial charge in [0.15, 0.2) is 0 Å². The van der Waals surface area contributed by atoms with E-state index in [-0.39, 0.29) is 24.2 Å². The van der Waals surface area contributed by atoms with Crippen molar-refractivity contribution in [3.63, 3.8) is 0 Å². The number of aromatic nitrogens is 2. The highest BCUT2D eigenvalue weighted by Crippen LogP contribution is 2.51. The summed E-state index contributed by atoms with van der Waals surface area (Å²) in [5.41, 5.74) is 1.06. The van der Waals surface area contributed by atoms with Crippen LogP contribution >= 0.6 is 11.3 Å². The summed E-state index contributed by atoms with van der Waals surface area (Å²) in [5.74, 6) is 0. The summed E-state index contributed by atoms with van der Waals surface area (Å²) in [5, 5.41) is 19.5. The van der Waals surface area contributed by atoms with Gasteiger partial charge in [-0.3, -0.25) is 9.36 Å². The summed E-state index contributed by atoms with van der Waals surface area (Å²) >= 11 is 1.57. The summed E-state index contributed by atoms with van der Waals surface area (Å²) in [7, 11) is 0. The van der Waals surface area contributed by atoms with Gasteiger partial charge in [0.1, 0.15) is 0 Å². The van der Waals surface area contributed by atoms with E-state index in [0.717, 1.165) is 49.9 Å². The van der Waals surface area contributed by atoms with Crippen LogP contribution in [-0.2, 0) is 6.54 Å². The molecule has 2 aromatic heterocycles. The monoisotopic (exact) mass is 533 g/mol. The van der Waals surface area contributed by atoms with Crippen molar-refractivity contribution in [1.29, 1.82) is 0 Å². The Labute approximate surface area is 226 Å². The number of amides is 2. The number of carbonyl (C=O) groups is 1. The van der Waals surface area contributed by atoms with Crippen LogP contribution in [0.25, 0.3) is 11.3 Å². The molecule has 1 saturated carbocycles. The van der Waals surface area contributed by atoms with Crippen molar-refractivity contribution < 1.29 is 9.90 Å². The predicted molar refractivity (Wildman–Crippen MR) is 148 cm³/mol. The molecule has 1 aliphatic carbocycles. The molecule has 0 radical (unpaired) electrons. The van der Waals surface area contributed by atoms with Crippen LogP contribution in [0.3, 0.4) is 0 Å². The SMILES string of the molecule is O=C(N1CC[C@@](O)(Cn2cnc(-c3ccsc3)cc2=O)C2(CCCC2)C1)N1CCNC[C@H]1c1ccccc1. The number of aliphatic hydroxyl groups is 1. The number of nitrogens with one attached hydrogen (secondary N) is 1. The molecule has 2 aliphatic heterocycles. The number of rotatable bonds is 4. The molecule has 38 heavy (non-hydrogen) atoms. The molecule has 3 aliphatic rings. The lowest BCUT2D eigenvalue weighted by atomic mass is 9.66. The van der Waals surface area contributed by atoms with Crippen molar-refractivity contribution in [2.24, 2.45) is 5.41 Å². The van der Waals surface area contributed by atoms with Gasteiger partial charge in [-0.25, -0.2) is 9.78 Å². The van der Waals surface area contributed by atoms with Crippen LogP contribution in [-0.4, -0.2) is 68.8 Å². The van der Waals surface area contributed by atoms with Gasteiger partial charge in [-0.15, -0.1) is 0 Å². The minimum Gasteiger partial charge on any atom is -0.387 e. The molecule has 2 atom stereocenters. The first-order chi connectivity index (χ1) is 18.5. The van der Waals surface area contributed by atoms with Crippen molar-refractivity contribution in [1.82, 2.24) is 24.7 Å². The Balaban J connectivity index is 1.23. The van der Waals surface area contributed by atoms with E-state index in [1.54, 1.807) is 28.3 Å². The van der Waals surface area contributed by atoms with E-state index >= 15 is 0 Å². The van der Waals surface area contributed by atoms with Gasteiger partial charge < -0.3 is 20.2 Å². The number of piperazine rings is 1. The van der Waals surface area contributed by atoms with Gasteiger partial charge in [0, 0.05) is 55.1 Å². The summed E-state index contributed by atoms with van der Waals surface area (Å²) in [6.07, 6.45) is 5.76. The van der Waals surface area contributed by atoms with Crippen molar-refractivity contribution >= 4 is 17.4 Å². The number of likely N-dealkylation sites (tertiary alicyclic amines) is 1. The minimum atomic E-state index is -1.07. The summed E-state index contributed by atoms with van der Waals surface area (Å²) in [6.45, 7) is 3.35. The number of piperidine rings is 1. The fourth-order valence-corrected chi connectivity index (χ4v) is 7.39. The molecule has 9 heteroatoms. The molecule has 1 spiro atoms. The lowest BCUT2D eigenvalue weighted by Gasteiger charge is -2.53. The van der Waals surface area contributed by atoms with Crippen molar-refractivity contribution in [3.05, 3.63) is 75.5 Å². The Morgan fingerprint density at radius 2 is 1.95 bits per heavy atom. The van der Waals surface area contributed by atoms with Gasteiger partial charge in [0.05, 0.1) is 30.2 Å².